The lowest BCUT2D eigenvalue weighted by Gasteiger charge is -2.09. The molecule has 0 spiro atoms. The topological polar surface area (TPSA) is 29.1 Å². The maximum absolute atomic E-state index is 10.1. The van der Waals surface area contributed by atoms with Gasteiger partial charge in [0.15, 0.2) is 0 Å². The van der Waals surface area contributed by atoms with E-state index < -0.39 is 0 Å². The van der Waals surface area contributed by atoms with Gasteiger partial charge in [-0.3, -0.25) is 0 Å². The van der Waals surface area contributed by atoms with E-state index in [1.807, 2.05) is 6.92 Å². The summed E-state index contributed by atoms with van der Waals surface area (Å²) in [7, 11) is 0. The maximum Gasteiger partial charge on any atom is 0.121 e. The number of unbranched alkanes of at least 4 members (excludes halogenated alkanes) is 3. The van der Waals surface area contributed by atoms with Gasteiger partial charge in [-0.15, -0.1) is 0 Å². The van der Waals surface area contributed by atoms with Crippen LogP contribution in [0.2, 0.25) is 0 Å². The van der Waals surface area contributed by atoms with Crippen molar-refractivity contribution in [2.24, 2.45) is 0 Å². The molecule has 0 saturated heterocycles. The largest absolute Gasteiger partial charge is 0.314 e. The van der Waals surface area contributed by atoms with Crippen LogP contribution < -0.4 is 5.32 Å². The lowest BCUT2D eigenvalue weighted by Crippen LogP contribution is -2.27. The Morgan fingerprint density at radius 2 is 2.08 bits per heavy atom. The molecule has 0 radical (unpaired) electrons. The van der Waals surface area contributed by atoms with Crippen molar-refractivity contribution >= 4 is 6.29 Å². The van der Waals surface area contributed by atoms with Crippen molar-refractivity contribution < 1.29 is 4.79 Å². The highest BCUT2D eigenvalue weighted by atomic mass is 16.1. The fraction of sp³-hybridized carbons (Fsp3) is 0.900. The monoisotopic (exact) mass is 171 g/mol. The van der Waals surface area contributed by atoms with Crippen molar-refractivity contribution in [1.29, 1.82) is 0 Å². The van der Waals surface area contributed by atoms with Crippen molar-refractivity contribution in [2.75, 3.05) is 6.54 Å². The van der Waals surface area contributed by atoms with Gasteiger partial charge < -0.3 is 10.1 Å². The number of hydrogen-bond donors (Lipinski definition) is 1. The molecule has 0 bridgehead atoms. The van der Waals surface area contributed by atoms with Gasteiger partial charge in [0.25, 0.3) is 0 Å². The van der Waals surface area contributed by atoms with Gasteiger partial charge in [0.2, 0.25) is 0 Å². The van der Waals surface area contributed by atoms with Crippen molar-refractivity contribution in [1.82, 2.24) is 5.32 Å². The lowest BCUT2D eigenvalue weighted by molar-refractivity contribution is -0.108. The fourth-order valence-corrected chi connectivity index (χ4v) is 1.13. The number of hydrogen-bond acceptors (Lipinski definition) is 2. The maximum atomic E-state index is 10.1. The molecule has 1 N–H and O–H groups in total. The molecule has 0 amide bonds. The highest BCUT2D eigenvalue weighted by molar-refractivity contribution is 5.50. The van der Waals surface area contributed by atoms with Gasteiger partial charge >= 0.3 is 0 Å². The van der Waals surface area contributed by atoms with Crippen LogP contribution >= 0.6 is 0 Å². The standard InChI is InChI=1S/C10H21NO/c1-3-4-5-6-8-11-10(2)7-9-12/h9-11H,3-8H2,1-2H3. The quantitative estimate of drug-likeness (QED) is 0.448. The summed E-state index contributed by atoms with van der Waals surface area (Å²) < 4.78 is 0. The van der Waals surface area contributed by atoms with Crippen molar-refractivity contribution in [3.63, 3.8) is 0 Å². The van der Waals surface area contributed by atoms with Gasteiger partial charge in [0.05, 0.1) is 0 Å². The second-order valence-electron chi connectivity index (χ2n) is 3.32. The summed E-state index contributed by atoms with van der Waals surface area (Å²) in [5.41, 5.74) is 0. The molecule has 0 aromatic heterocycles. The first-order valence-corrected chi connectivity index (χ1v) is 4.98. The molecule has 12 heavy (non-hydrogen) atoms. The Bertz CT molecular complexity index is 104. The van der Waals surface area contributed by atoms with Gasteiger partial charge in [0, 0.05) is 12.5 Å². The fourth-order valence-electron chi connectivity index (χ4n) is 1.13. The predicted molar refractivity (Wildman–Crippen MR) is 52.3 cm³/mol. The van der Waals surface area contributed by atoms with Gasteiger partial charge in [-0.25, -0.2) is 0 Å². The van der Waals surface area contributed by atoms with Gasteiger partial charge in [0.1, 0.15) is 6.29 Å². The van der Waals surface area contributed by atoms with E-state index >= 15 is 0 Å². The molecule has 0 aromatic rings. The van der Waals surface area contributed by atoms with Crippen LogP contribution in [0.3, 0.4) is 0 Å². The summed E-state index contributed by atoms with van der Waals surface area (Å²) in [6.45, 7) is 5.31. The molecule has 0 aliphatic rings. The zero-order chi connectivity index (χ0) is 9.23. The molecule has 0 aliphatic heterocycles. The molecular formula is C10H21NO. The predicted octanol–water partition coefficient (Wildman–Crippen LogP) is 2.13. The van der Waals surface area contributed by atoms with E-state index in [2.05, 4.69) is 12.2 Å². The second-order valence-corrected chi connectivity index (χ2v) is 3.32. The van der Waals surface area contributed by atoms with Crippen LogP contribution in [0.25, 0.3) is 0 Å². The second kappa shape index (κ2) is 8.72. The average Bonchev–Trinajstić information content (AvgIpc) is 2.05. The SMILES string of the molecule is CCCCCCNC(C)CC=O. The van der Waals surface area contributed by atoms with Gasteiger partial charge in [-0.1, -0.05) is 26.2 Å². The van der Waals surface area contributed by atoms with Crippen LogP contribution in [0.5, 0.6) is 0 Å². The third kappa shape index (κ3) is 7.73. The van der Waals surface area contributed by atoms with E-state index in [4.69, 9.17) is 0 Å². The van der Waals surface area contributed by atoms with E-state index in [0.29, 0.717) is 12.5 Å². The average molecular weight is 171 g/mol. The minimum absolute atomic E-state index is 0.351. The van der Waals surface area contributed by atoms with E-state index in [0.717, 1.165) is 12.8 Å². The van der Waals surface area contributed by atoms with Crippen molar-refractivity contribution in [2.45, 2.75) is 52.0 Å². The minimum atomic E-state index is 0.351. The summed E-state index contributed by atoms with van der Waals surface area (Å²) in [5, 5.41) is 3.31. The first kappa shape index (κ1) is 11.6. The molecule has 2 heteroatoms. The minimum Gasteiger partial charge on any atom is -0.314 e. The lowest BCUT2D eigenvalue weighted by atomic mass is 10.2. The van der Waals surface area contributed by atoms with E-state index in [1.54, 1.807) is 0 Å². The molecule has 0 rings (SSSR count). The summed E-state index contributed by atoms with van der Waals surface area (Å²) in [5.74, 6) is 0. The molecule has 0 fully saturated rings. The van der Waals surface area contributed by atoms with E-state index in [-0.39, 0.29) is 0 Å². The Morgan fingerprint density at radius 3 is 2.67 bits per heavy atom. The number of aldehydes is 1. The molecule has 72 valence electrons. The third-order valence-corrected chi connectivity index (χ3v) is 1.97. The van der Waals surface area contributed by atoms with Crippen LogP contribution in [0.4, 0.5) is 0 Å². The van der Waals surface area contributed by atoms with Crippen molar-refractivity contribution in [3.8, 4) is 0 Å². The Morgan fingerprint density at radius 1 is 1.33 bits per heavy atom. The summed E-state index contributed by atoms with van der Waals surface area (Å²) in [6, 6.07) is 0.351. The zero-order valence-electron chi connectivity index (χ0n) is 8.31. The van der Waals surface area contributed by atoms with Crippen LogP contribution in [-0.2, 0) is 4.79 Å². The summed E-state index contributed by atoms with van der Waals surface area (Å²) in [4.78, 5) is 10.1. The molecular weight excluding hydrogens is 150 g/mol. The molecule has 0 saturated carbocycles. The first-order chi connectivity index (χ1) is 5.81. The van der Waals surface area contributed by atoms with E-state index in [9.17, 15) is 4.79 Å². The Labute approximate surface area is 75.7 Å². The molecule has 1 unspecified atom stereocenters. The molecule has 1 atom stereocenters. The zero-order valence-corrected chi connectivity index (χ0v) is 8.31. The normalized spacial score (nSPS) is 12.8. The van der Waals surface area contributed by atoms with Crippen LogP contribution in [0.1, 0.15) is 46.0 Å². The Kier molecular flexibility index (Phi) is 8.46. The number of rotatable bonds is 8. The van der Waals surface area contributed by atoms with Crippen molar-refractivity contribution in [3.05, 3.63) is 0 Å². The number of carbonyl (C=O) groups is 1. The van der Waals surface area contributed by atoms with Crippen LogP contribution in [0.15, 0.2) is 0 Å². The van der Waals surface area contributed by atoms with Gasteiger partial charge in [-0.2, -0.15) is 0 Å². The first-order valence-electron chi connectivity index (χ1n) is 4.98. The third-order valence-electron chi connectivity index (χ3n) is 1.97. The highest BCUT2D eigenvalue weighted by Crippen LogP contribution is 1.97. The highest BCUT2D eigenvalue weighted by Gasteiger charge is 1.97. The summed E-state index contributed by atoms with van der Waals surface area (Å²) in [6.07, 6.45) is 6.75. The summed E-state index contributed by atoms with van der Waals surface area (Å²) >= 11 is 0. The number of nitrogens with one attached hydrogen (secondary N) is 1. The molecule has 0 heterocycles. The molecule has 0 aromatic carbocycles. The van der Waals surface area contributed by atoms with E-state index in [1.165, 1.54) is 25.7 Å². The Hall–Kier alpha value is -0.370. The Balaban J connectivity index is 3.02. The van der Waals surface area contributed by atoms with Gasteiger partial charge in [-0.05, 0) is 19.9 Å². The number of carbonyl (C=O) groups excluding carboxylic acids is 1. The van der Waals surface area contributed by atoms with Crippen LogP contribution in [-0.4, -0.2) is 18.9 Å². The van der Waals surface area contributed by atoms with Crippen LogP contribution in [0, 0.1) is 0 Å². The molecule has 2 nitrogen and oxygen atoms in total. The molecule has 0 aliphatic carbocycles. The smallest absolute Gasteiger partial charge is 0.121 e.